The molecule has 2 heterocycles. The van der Waals surface area contributed by atoms with Crippen molar-refractivity contribution in [2.24, 2.45) is 5.73 Å². The van der Waals surface area contributed by atoms with Gasteiger partial charge < -0.3 is 20.5 Å². The van der Waals surface area contributed by atoms with Crippen molar-refractivity contribution >= 4 is 17.5 Å². The van der Waals surface area contributed by atoms with E-state index in [-0.39, 0.29) is 31.2 Å². The molecular weight excluding hydrogens is 444 g/mol. The number of nitrogens with two attached hydrogens (primary N) is 1. The number of ether oxygens (including phenoxy) is 2. The van der Waals surface area contributed by atoms with Crippen molar-refractivity contribution in [3.8, 4) is 11.5 Å². The summed E-state index contributed by atoms with van der Waals surface area (Å²) in [5, 5.41) is 7.68. The molecule has 4 rings (SSSR count). The summed E-state index contributed by atoms with van der Waals surface area (Å²) < 4.78 is 12.1. The van der Waals surface area contributed by atoms with Crippen molar-refractivity contribution in [1.82, 2.24) is 15.1 Å². The number of hydrogen-bond acceptors (Lipinski definition) is 6. The molecule has 8 nitrogen and oxygen atoms in total. The van der Waals surface area contributed by atoms with E-state index >= 15 is 0 Å². The molecule has 1 aliphatic rings. The van der Waals surface area contributed by atoms with E-state index in [1.807, 2.05) is 24.3 Å². The Balaban J connectivity index is 1.42. The second-order valence-electron chi connectivity index (χ2n) is 7.84. The number of benzene rings is 2. The van der Waals surface area contributed by atoms with Crippen molar-refractivity contribution in [1.29, 1.82) is 0 Å². The average molecular weight is 469 g/mol. The van der Waals surface area contributed by atoms with Crippen LogP contribution in [0.2, 0.25) is 5.02 Å². The molecule has 0 aliphatic carbocycles. The first-order valence-electron chi connectivity index (χ1n) is 10.6. The molecule has 2 aromatic carbocycles. The molecule has 1 aromatic heterocycles. The van der Waals surface area contributed by atoms with Crippen molar-refractivity contribution < 1.29 is 14.3 Å². The van der Waals surface area contributed by atoms with Crippen LogP contribution in [0.3, 0.4) is 0 Å². The fourth-order valence-electron chi connectivity index (χ4n) is 3.69. The Morgan fingerprint density at radius 2 is 2.00 bits per heavy atom. The minimum absolute atomic E-state index is 0.0320. The lowest BCUT2D eigenvalue weighted by Gasteiger charge is -2.12. The molecule has 0 bridgehead atoms. The van der Waals surface area contributed by atoms with Crippen molar-refractivity contribution in [3.63, 3.8) is 0 Å². The molecule has 1 amide bonds. The third-order valence-electron chi connectivity index (χ3n) is 5.61. The third kappa shape index (κ3) is 5.35. The molecule has 0 spiro atoms. The van der Waals surface area contributed by atoms with Crippen LogP contribution in [0.4, 0.5) is 0 Å². The van der Waals surface area contributed by atoms with E-state index in [4.69, 9.17) is 26.8 Å². The lowest BCUT2D eigenvalue weighted by atomic mass is 10.1. The molecule has 9 heteroatoms. The number of hydrogen-bond donors (Lipinski definition) is 2. The summed E-state index contributed by atoms with van der Waals surface area (Å²) in [6, 6.07) is 11.1. The van der Waals surface area contributed by atoms with Crippen LogP contribution in [0.1, 0.15) is 27.8 Å². The molecule has 0 saturated heterocycles. The molecule has 1 aliphatic heterocycles. The Labute approximate surface area is 196 Å². The molecule has 0 radical (unpaired) electrons. The van der Waals surface area contributed by atoms with Crippen LogP contribution in [-0.4, -0.2) is 22.5 Å². The highest BCUT2D eigenvalue weighted by atomic mass is 35.5. The highest BCUT2D eigenvalue weighted by Crippen LogP contribution is 2.32. The predicted molar refractivity (Wildman–Crippen MR) is 124 cm³/mol. The number of fused-ring (bicyclic) bond motifs is 1. The van der Waals surface area contributed by atoms with Crippen LogP contribution < -0.4 is 26.1 Å². The number of carbonyl (C=O) groups excluding carboxylic acids is 1. The van der Waals surface area contributed by atoms with E-state index in [1.54, 1.807) is 25.3 Å². The number of aromatic nitrogens is 2. The topological polar surface area (TPSA) is 108 Å². The van der Waals surface area contributed by atoms with Crippen LogP contribution in [0, 0.1) is 6.92 Å². The Kier molecular flexibility index (Phi) is 6.96. The fraction of sp³-hybridized carbons (Fsp3) is 0.292. The molecule has 3 aromatic rings. The number of carbonyl (C=O) groups is 1. The van der Waals surface area contributed by atoms with Gasteiger partial charge in [0.25, 0.3) is 5.56 Å². The van der Waals surface area contributed by atoms with Crippen molar-refractivity contribution in [2.75, 3.05) is 6.79 Å². The largest absolute Gasteiger partial charge is 0.454 e. The van der Waals surface area contributed by atoms with Crippen LogP contribution in [0.15, 0.2) is 47.4 Å². The predicted octanol–water partition coefficient (Wildman–Crippen LogP) is 2.49. The zero-order valence-electron chi connectivity index (χ0n) is 18.3. The minimum Gasteiger partial charge on any atom is -0.454 e. The van der Waals surface area contributed by atoms with E-state index in [0.717, 1.165) is 16.7 Å². The molecular formula is C24H25ClN4O4. The standard InChI is InChI=1S/C24H25ClN4O4/c1-15-12-28-29(7-6-16-2-5-21-22(8-16)33-14-32-21)24(31)20(15)10-23(30)27-13-18-9-19(25)4-3-17(18)11-26/h2-5,8-9,12H,6-7,10-11,13-14,26H2,1H3,(H,27,30). The highest BCUT2D eigenvalue weighted by Gasteiger charge is 2.15. The first-order valence-corrected chi connectivity index (χ1v) is 11.0. The molecule has 3 N–H and O–H groups in total. The van der Waals surface area contributed by atoms with Crippen LogP contribution >= 0.6 is 11.6 Å². The first-order chi connectivity index (χ1) is 15.9. The van der Waals surface area contributed by atoms with Crippen LogP contribution in [0.25, 0.3) is 0 Å². The van der Waals surface area contributed by atoms with E-state index in [0.29, 0.717) is 47.2 Å². The summed E-state index contributed by atoms with van der Waals surface area (Å²) in [6.07, 6.45) is 2.18. The quantitative estimate of drug-likeness (QED) is 0.525. The van der Waals surface area contributed by atoms with Gasteiger partial charge in [-0.25, -0.2) is 4.68 Å². The molecule has 0 atom stereocenters. The molecule has 0 unspecified atom stereocenters. The summed E-state index contributed by atoms with van der Waals surface area (Å²) >= 11 is 6.06. The SMILES string of the molecule is Cc1cnn(CCc2ccc3c(c2)OCO3)c(=O)c1CC(=O)NCc1cc(Cl)ccc1CN. The van der Waals surface area contributed by atoms with Gasteiger partial charge in [0.15, 0.2) is 11.5 Å². The van der Waals surface area contributed by atoms with Crippen LogP contribution in [0.5, 0.6) is 11.5 Å². The lowest BCUT2D eigenvalue weighted by molar-refractivity contribution is -0.120. The van der Waals surface area contributed by atoms with Crippen molar-refractivity contribution in [2.45, 2.75) is 39.4 Å². The Bertz CT molecular complexity index is 1240. The van der Waals surface area contributed by atoms with Gasteiger partial charge in [0.2, 0.25) is 12.7 Å². The smallest absolute Gasteiger partial charge is 0.270 e. The maximum absolute atomic E-state index is 13.0. The number of nitrogens with one attached hydrogen (secondary N) is 1. The van der Waals surface area contributed by atoms with Gasteiger partial charge in [0, 0.05) is 30.2 Å². The summed E-state index contributed by atoms with van der Waals surface area (Å²) in [5.74, 6) is 1.16. The Morgan fingerprint density at radius 1 is 1.18 bits per heavy atom. The second kappa shape index (κ2) is 10.1. The maximum atomic E-state index is 13.0. The third-order valence-corrected chi connectivity index (χ3v) is 5.85. The van der Waals surface area contributed by atoms with E-state index in [2.05, 4.69) is 10.4 Å². The van der Waals surface area contributed by atoms with Gasteiger partial charge in [-0.2, -0.15) is 5.10 Å². The highest BCUT2D eigenvalue weighted by molar-refractivity contribution is 6.30. The van der Waals surface area contributed by atoms with Gasteiger partial charge in [-0.3, -0.25) is 9.59 Å². The zero-order chi connectivity index (χ0) is 23.4. The number of halogens is 1. The van der Waals surface area contributed by atoms with Gasteiger partial charge in [0.05, 0.1) is 12.6 Å². The number of aryl methyl sites for hydroxylation is 3. The number of nitrogens with zero attached hydrogens (tertiary/aromatic N) is 2. The summed E-state index contributed by atoms with van der Waals surface area (Å²) in [7, 11) is 0. The van der Waals surface area contributed by atoms with Gasteiger partial charge >= 0.3 is 0 Å². The number of amides is 1. The maximum Gasteiger partial charge on any atom is 0.270 e. The van der Waals surface area contributed by atoms with Gasteiger partial charge in [-0.15, -0.1) is 0 Å². The summed E-state index contributed by atoms with van der Waals surface area (Å²) in [6.45, 7) is 3.01. The summed E-state index contributed by atoms with van der Waals surface area (Å²) in [4.78, 5) is 25.6. The van der Waals surface area contributed by atoms with Crippen LogP contribution in [-0.2, 0) is 37.3 Å². The lowest BCUT2D eigenvalue weighted by Crippen LogP contribution is -2.32. The zero-order valence-corrected chi connectivity index (χ0v) is 19.0. The Morgan fingerprint density at radius 3 is 2.82 bits per heavy atom. The molecule has 33 heavy (non-hydrogen) atoms. The minimum atomic E-state index is -0.267. The average Bonchev–Trinajstić information content (AvgIpc) is 3.28. The molecule has 172 valence electrons. The molecule has 0 saturated carbocycles. The normalized spacial score (nSPS) is 12.1. The van der Waals surface area contributed by atoms with E-state index in [1.165, 1.54) is 4.68 Å². The first kappa shape index (κ1) is 22.8. The summed E-state index contributed by atoms with van der Waals surface area (Å²) in [5.41, 5.74) is 9.37. The van der Waals surface area contributed by atoms with E-state index in [9.17, 15) is 9.59 Å². The van der Waals surface area contributed by atoms with Gasteiger partial charge in [-0.1, -0.05) is 23.7 Å². The molecule has 0 fully saturated rings. The Hall–Kier alpha value is -3.36. The monoisotopic (exact) mass is 468 g/mol. The fourth-order valence-corrected chi connectivity index (χ4v) is 3.89. The van der Waals surface area contributed by atoms with E-state index < -0.39 is 0 Å². The van der Waals surface area contributed by atoms with Gasteiger partial charge in [-0.05, 0) is 59.9 Å². The van der Waals surface area contributed by atoms with Crippen molar-refractivity contribution in [3.05, 3.63) is 85.8 Å². The second-order valence-corrected chi connectivity index (χ2v) is 8.28. The number of rotatable bonds is 8. The van der Waals surface area contributed by atoms with Gasteiger partial charge in [0.1, 0.15) is 0 Å².